The van der Waals surface area contributed by atoms with Gasteiger partial charge in [-0.05, 0) is 18.2 Å². The fraction of sp³-hybridized carbons (Fsp3) is 0.348. The van der Waals surface area contributed by atoms with E-state index < -0.39 is 23.7 Å². The van der Waals surface area contributed by atoms with Crippen molar-refractivity contribution in [1.29, 1.82) is 0 Å². The predicted molar refractivity (Wildman–Crippen MR) is 127 cm³/mol. The standard InChI is InChI=1S/C23H26N6O5/c1-15(30)27-10-12-28(13-11-27)17-8-9-24-21-20(17)22(32)29(23(33)26(21)2)14-19(31)25-16-6-4-5-7-18(16)34-3/h4-9H,10-14H2,1-3H3,(H,25,31). The monoisotopic (exact) mass is 466 g/mol. The first-order valence-corrected chi connectivity index (χ1v) is 10.8. The SMILES string of the molecule is COc1ccccc1NC(=O)Cn1c(=O)c2c(N3CCN(C(C)=O)CC3)ccnc2n(C)c1=O. The highest BCUT2D eigenvalue weighted by Crippen LogP contribution is 2.24. The average molecular weight is 466 g/mol. The molecule has 1 N–H and O–H groups in total. The van der Waals surface area contributed by atoms with Gasteiger partial charge in [0.05, 0.1) is 18.5 Å². The number of nitrogens with one attached hydrogen (secondary N) is 1. The van der Waals surface area contributed by atoms with Crippen LogP contribution in [-0.4, -0.2) is 64.1 Å². The van der Waals surface area contributed by atoms with Crippen LogP contribution in [0.3, 0.4) is 0 Å². The van der Waals surface area contributed by atoms with Gasteiger partial charge in [-0.25, -0.2) is 9.78 Å². The minimum Gasteiger partial charge on any atom is -0.495 e. The Labute approximate surface area is 195 Å². The molecule has 2 amide bonds. The van der Waals surface area contributed by atoms with Gasteiger partial charge in [0, 0.05) is 46.3 Å². The molecule has 34 heavy (non-hydrogen) atoms. The number of benzene rings is 1. The van der Waals surface area contributed by atoms with E-state index in [1.165, 1.54) is 25.6 Å². The van der Waals surface area contributed by atoms with Crippen molar-refractivity contribution in [1.82, 2.24) is 19.0 Å². The maximum absolute atomic E-state index is 13.5. The first-order chi connectivity index (χ1) is 16.3. The largest absolute Gasteiger partial charge is 0.495 e. The second kappa shape index (κ2) is 9.38. The molecule has 2 aromatic heterocycles. The number of pyridine rings is 1. The maximum Gasteiger partial charge on any atom is 0.332 e. The number of rotatable bonds is 5. The second-order valence-corrected chi connectivity index (χ2v) is 8.00. The number of nitrogens with zero attached hydrogens (tertiary/aromatic N) is 5. The molecule has 0 atom stereocenters. The summed E-state index contributed by atoms with van der Waals surface area (Å²) in [6, 6.07) is 8.59. The Morgan fingerprint density at radius 3 is 2.47 bits per heavy atom. The number of anilines is 2. The molecule has 0 spiro atoms. The lowest BCUT2D eigenvalue weighted by atomic mass is 10.2. The predicted octanol–water partition coefficient (Wildman–Crippen LogP) is 0.411. The number of piperazine rings is 1. The zero-order chi connectivity index (χ0) is 24.4. The molecule has 4 rings (SSSR count). The summed E-state index contributed by atoms with van der Waals surface area (Å²) >= 11 is 0. The molecule has 3 heterocycles. The number of hydrogen-bond acceptors (Lipinski definition) is 7. The molecule has 1 aromatic carbocycles. The Morgan fingerprint density at radius 2 is 1.79 bits per heavy atom. The lowest BCUT2D eigenvalue weighted by Crippen LogP contribution is -2.49. The van der Waals surface area contributed by atoms with Crippen LogP contribution in [0.5, 0.6) is 5.75 Å². The first-order valence-electron chi connectivity index (χ1n) is 10.8. The molecule has 0 bridgehead atoms. The summed E-state index contributed by atoms with van der Waals surface area (Å²) in [5, 5.41) is 2.95. The highest BCUT2D eigenvalue weighted by molar-refractivity contribution is 5.93. The van der Waals surface area contributed by atoms with Crippen molar-refractivity contribution >= 4 is 34.2 Å². The Morgan fingerprint density at radius 1 is 1.09 bits per heavy atom. The zero-order valence-electron chi connectivity index (χ0n) is 19.3. The van der Waals surface area contributed by atoms with E-state index >= 15 is 0 Å². The molecule has 11 nitrogen and oxygen atoms in total. The Balaban J connectivity index is 1.70. The van der Waals surface area contributed by atoms with E-state index in [1.54, 1.807) is 41.4 Å². The summed E-state index contributed by atoms with van der Waals surface area (Å²) < 4.78 is 7.41. The number of aryl methyl sites for hydroxylation is 1. The highest BCUT2D eigenvalue weighted by atomic mass is 16.5. The van der Waals surface area contributed by atoms with Crippen LogP contribution in [-0.2, 0) is 23.2 Å². The number of carbonyl (C=O) groups excluding carboxylic acids is 2. The zero-order valence-corrected chi connectivity index (χ0v) is 19.3. The molecule has 11 heteroatoms. The molecule has 1 aliphatic rings. The van der Waals surface area contributed by atoms with Gasteiger partial charge in [0.2, 0.25) is 11.8 Å². The second-order valence-electron chi connectivity index (χ2n) is 8.00. The molecule has 0 aliphatic carbocycles. The van der Waals surface area contributed by atoms with Gasteiger partial charge in [-0.1, -0.05) is 12.1 Å². The van der Waals surface area contributed by atoms with Gasteiger partial charge in [-0.3, -0.25) is 23.5 Å². The molecule has 178 valence electrons. The van der Waals surface area contributed by atoms with Crippen LogP contribution in [0.2, 0.25) is 0 Å². The Kier molecular flexibility index (Phi) is 6.35. The quantitative estimate of drug-likeness (QED) is 0.579. The number of hydrogen-bond donors (Lipinski definition) is 1. The molecule has 3 aromatic rings. The molecular weight excluding hydrogens is 440 g/mol. The number of carbonyl (C=O) groups is 2. The first kappa shape index (κ1) is 23.0. The van der Waals surface area contributed by atoms with Crippen LogP contribution in [0.1, 0.15) is 6.92 Å². The number of amides is 2. The minimum atomic E-state index is -0.640. The Hall–Kier alpha value is -4.15. The van der Waals surface area contributed by atoms with Crippen LogP contribution < -0.4 is 26.2 Å². The van der Waals surface area contributed by atoms with Crippen molar-refractivity contribution in [2.45, 2.75) is 13.5 Å². The van der Waals surface area contributed by atoms with Gasteiger partial charge in [0.1, 0.15) is 17.7 Å². The third-order valence-corrected chi connectivity index (χ3v) is 5.95. The number of ether oxygens (including phenoxy) is 1. The van der Waals surface area contributed by atoms with Crippen LogP contribution in [0.4, 0.5) is 11.4 Å². The van der Waals surface area contributed by atoms with Gasteiger partial charge in [-0.2, -0.15) is 0 Å². The van der Waals surface area contributed by atoms with Crippen molar-refractivity contribution < 1.29 is 14.3 Å². The topological polar surface area (TPSA) is 119 Å². The minimum absolute atomic E-state index is 0.00467. The summed E-state index contributed by atoms with van der Waals surface area (Å²) in [6.07, 6.45) is 1.55. The van der Waals surface area contributed by atoms with E-state index in [0.29, 0.717) is 43.3 Å². The molecule has 1 aliphatic heterocycles. The maximum atomic E-state index is 13.5. The third kappa shape index (κ3) is 4.24. The number of methoxy groups -OCH3 is 1. The molecular formula is C23H26N6O5. The van der Waals surface area contributed by atoms with Gasteiger partial charge in [-0.15, -0.1) is 0 Å². The fourth-order valence-corrected chi connectivity index (χ4v) is 4.14. The van der Waals surface area contributed by atoms with E-state index in [-0.39, 0.29) is 16.9 Å². The molecule has 1 fully saturated rings. The van der Waals surface area contributed by atoms with Crippen molar-refractivity contribution in [3.05, 3.63) is 57.4 Å². The van der Waals surface area contributed by atoms with E-state index in [1.807, 2.05) is 4.90 Å². The van der Waals surface area contributed by atoms with Crippen LogP contribution in [0, 0.1) is 0 Å². The summed E-state index contributed by atoms with van der Waals surface area (Å²) in [5.41, 5.74) is 0.0611. The smallest absolute Gasteiger partial charge is 0.332 e. The Bertz CT molecular complexity index is 1370. The number of aromatic nitrogens is 3. The molecule has 0 saturated carbocycles. The summed E-state index contributed by atoms with van der Waals surface area (Å²) in [5.74, 6) is -0.0700. The van der Waals surface area contributed by atoms with Crippen molar-refractivity contribution in [2.24, 2.45) is 7.05 Å². The van der Waals surface area contributed by atoms with Gasteiger partial charge >= 0.3 is 5.69 Å². The lowest BCUT2D eigenvalue weighted by molar-refractivity contribution is -0.129. The lowest BCUT2D eigenvalue weighted by Gasteiger charge is -2.36. The normalized spacial score (nSPS) is 13.7. The van der Waals surface area contributed by atoms with Crippen LogP contribution >= 0.6 is 0 Å². The molecule has 0 unspecified atom stereocenters. The summed E-state index contributed by atoms with van der Waals surface area (Å²) in [4.78, 5) is 58.8. The fourth-order valence-electron chi connectivity index (χ4n) is 4.14. The van der Waals surface area contributed by atoms with E-state index in [9.17, 15) is 19.2 Å². The number of fused-ring (bicyclic) bond motifs is 1. The van der Waals surface area contributed by atoms with E-state index in [2.05, 4.69) is 10.3 Å². The van der Waals surface area contributed by atoms with Crippen molar-refractivity contribution in [3.8, 4) is 5.75 Å². The van der Waals surface area contributed by atoms with E-state index in [4.69, 9.17) is 4.74 Å². The van der Waals surface area contributed by atoms with Gasteiger partial charge in [0.15, 0.2) is 5.65 Å². The molecule has 1 saturated heterocycles. The summed E-state index contributed by atoms with van der Waals surface area (Å²) in [6.45, 7) is 3.19. The van der Waals surface area contributed by atoms with Gasteiger partial charge < -0.3 is 19.9 Å². The highest BCUT2D eigenvalue weighted by Gasteiger charge is 2.24. The van der Waals surface area contributed by atoms with Crippen molar-refractivity contribution in [2.75, 3.05) is 43.5 Å². The van der Waals surface area contributed by atoms with Gasteiger partial charge in [0.25, 0.3) is 5.56 Å². The third-order valence-electron chi connectivity index (χ3n) is 5.95. The van der Waals surface area contributed by atoms with Crippen molar-refractivity contribution in [3.63, 3.8) is 0 Å². The van der Waals surface area contributed by atoms with Crippen LogP contribution in [0.25, 0.3) is 11.0 Å². The summed E-state index contributed by atoms with van der Waals surface area (Å²) in [7, 11) is 3.00. The molecule has 0 radical (unpaired) electrons. The average Bonchev–Trinajstić information content (AvgIpc) is 2.85. The van der Waals surface area contributed by atoms with Crippen LogP contribution in [0.15, 0.2) is 46.1 Å². The number of para-hydroxylation sites is 2. The van der Waals surface area contributed by atoms with E-state index in [0.717, 1.165) is 4.57 Å².